The Bertz CT molecular complexity index is 820. The van der Waals surface area contributed by atoms with Gasteiger partial charge in [-0.25, -0.2) is 4.98 Å². The molecule has 2 heterocycles. The van der Waals surface area contributed by atoms with Gasteiger partial charge in [0.15, 0.2) is 0 Å². The number of hydrogen-bond donors (Lipinski definition) is 0. The van der Waals surface area contributed by atoms with Crippen LogP contribution in [0.25, 0.3) is 11.3 Å². The number of aromatic nitrogens is 1. The lowest BCUT2D eigenvalue weighted by Gasteiger charge is -2.30. The number of nitrogens with zero attached hydrogens (tertiary/aromatic N) is 3. The Morgan fingerprint density at radius 2 is 1.86 bits per heavy atom. The normalized spacial score (nSPS) is 13.9. The molecule has 1 amide bonds. The number of likely N-dealkylation sites (N-methyl/N-ethyl adjacent to an activating group) is 1. The quantitative estimate of drug-likeness (QED) is 0.713. The second kappa shape index (κ2) is 9.32. The predicted molar refractivity (Wildman–Crippen MR) is 106 cm³/mol. The molecule has 0 saturated carbocycles. The molecular formula is C21H25N3O4. The molecule has 7 nitrogen and oxygen atoms in total. The van der Waals surface area contributed by atoms with Gasteiger partial charge in [-0.05, 0) is 19.1 Å². The van der Waals surface area contributed by atoms with Gasteiger partial charge in [-0.3, -0.25) is 9.59 Å². The van der Waals surface area contributed by atoms with E-state index >= 15 is 0 Å². The van der Waals surface area contributed by atoms with Gasteiger partial charge in [0, 0.05) is 25.7 Å². The van der Waals surface area contributed by atoms with Gasteiger partial charge in [-0.1, -0.05) is 30.3 Å². The second-order valence-electron chi connectivity index (χ2n) is 6.50. The molecule has 2 aromatic rings. The minimum atomic E-state index is -0.430. The maximum atomic E-state index is 13.0. The summed E-state index contributed by atoms with van der Waals surface area (Å²) in [7, 11) is 1.59. The zero-order chi connectivity index (χ0) is 19.9. The van der Waals surface area contributed by atoms with E-state index in [0.717, 1.165) is 11.3 Å². The number of benzene rings is 1. The third-order valence-electron chi connectivity index (χ3n) is 4.50. The molecule has 0 N–H and O–H groups in total. The summed E-state index contributed by atoms with van der Waals surface area (Å²) in [5.74, 6) is -0.0767. The van der Waals surface area contributed by atoms with Gasteiger partial charge in [-0.2, -0.15) is 0 Å². The highest BCUT2D eigenvalue weighted by atomic mass is 16.5. The van der Waals surface area contributed by atoms with Gasteiger partial charge in [0.2, 0.25) is 0 Å². The van der Waals surface area contributed by atoms with Crippen LogP contribution in [0.3, 0.4) is 0 Å². The fraction of sp³-hybridized carbons (Fsp3) is 0.381. The van der Waals surface area contributed by atoms with Gasteiger partial charge >= 0.3 is 5.97 Å². The number of amides is 1. The number of hydrogen-bond acceptors (Lipinski definition) is 6. The van der Waals surface area contributed by atoms with Crippen molar-refractivity contribution in [2.75, 3.05) is 51.4 Å². The average molecular weight is 383 g/mol. The highest BCUT2D eigenvalue weighted by Gasteiger charge is 2.24. The first-order valence-corrected chi connectivity index (χ1v) is 9.40. The van der Waals surface area contributed by atoms with Crippen LogP contribution < -0.4 is 4.90 Å². The fourth-order valence-electron chi connectivity index (χ4n) is 3.08. The van der Waals surface area contributed by atoms with Crippen LogP contribution in [0.5, 0.6) is 0 Å². The third-order valence-corrected chi connectivity index (χ3v) is 4.50. The number of rotatable bonds is 6. The molecule has 1 aliphatic rings. The number of esters is 1. The number of anilines is 1. The number of carbonyl (C=O) groups is 2. The molecule has 1 aliphatic heterocycles. The summed E-state index contributed by atoms with van der Waals surface area (Å²) in [6, 6.07) is 13.5. The van der Waals surface area contributed by atoms with Crippen LogP contribution >= 0.6 is 0 Å². The molecule has 1 aromatic carbocycles. The van der Waals surface area contributed by atoms with Crippen molar-refractivity contribution in [3.8, 4) is 11.3 Å². The van der Waals surface area contributed by atoms with Crippen molar-refractivity contribution in [2.45, 2.75) is 6.92 Å². The standard InChI is InChI=1S/C21H25N3O4/c1-3-28-19(25)15-23(2)21(26)17-9-10-18(16-7-5-4-6-8-16)22-20(17)24-11-13-27-14-12-24/h4-10H,3,11-15H2,1-2H3. The number of morpholine rings is 1. The van der Waals surface area contributed by atoms with Crippen LogP contribution in [0.15, 0.2) is 42.5 Å². The SMILES string of the molecule is CCOC(=O)CN(C)C(=O)c1ccc(-c2ccccc2)nc1N1CCOCC1. The van der Waals surface area contributed by atoms with Crippen LogP contribution in [0.1, 0.15) is 17.3 Å². The molecule has 0 unspecified atom stereocenters. The van der Waals surface area contributed by atoms with E-state index in [9.17, 15) is 9.59 Å². The lowest BCUT2D eigenvalue weighted by atomic mass is 10.1. The van der Waals surface area contributed by atoms with E-state index in [4.69, 9.17) is 14.5 Å². The third kappa shape index (κ3) is 4.67. The Hall–Kier alpha value is -2.93. The zero-order valence-electron chi connectivity index (χ0n) is 16.3. The van der Waals surface area contributed by atoms with E-state index in [1.807, 2.05) is 36.4 Å². The van der Waals surface area contributed by atoms with E-state index < -0.39 is 5.97 Å². The maximum absolute atomic E-state index is 13.0. The van der Waals surface area contributed by atoms with Gasteiger partial charge < -0.3 is 19.3 Å². The Kier molecular flexibility index (Phi) is 6.60. The van der Waals surface area contributed by atoms with Gasteiger partial charge in [0.1, 0.15) is 12.4 Å². The minimum absolute atomic E-state index is 0.102. The smallest absolute Gasteiger partial charge is 0.325 e. The summed E-state index contributed by atoms with van der Waals surface area (Å²) in [4.78, 5) is 33.0. The predicted octanol–water partition coefficient (Wildman–Crippen LogP) is 2.22. The van der Waals surface area contributed by atoms with E-state index in [1.54, 1.807) is 20.0 Å². The van der Waals surface area contributed by atoms with Gasteiger partial charge in [0.05, 0.1) is 31.1 Å². The Labute approximate surface area is 164 Å². The highest BCUT2D eigenvalue weighted by molar-refractivity contribution is 6.00. The van der Waals surface area contributed by atoms with Crippen LogP contribution in [0.2, 0.25) is 0 Å². The Morgan fingerprint density at radius 1 is 1.14 bits per heavy atom. The lowest BCUT2D eigenvalue weighted by Crippen LogP contribution is -2.39. The molecule has 0 bridgehead atoms. The summed E-state index contributed by atoms with van der Waals surface area (Å²) in [5.41, 5.74) is 2.25. The van der Waals surface area contributed by atoms with Crippen molar-refractivity contribution >= 4 is 17.7 Å². The van der Waals surface area contributed by atoms with Crippen molar-refractivity contribution in [1.29, 1.82) is 0 Å². The number of pyridine rings is 1. The topological polar surface area (TPSA) is 72.0 Å². The first kappa shape index (κ1) is 19.8. The molecule has 3 rings (SSSR count). The summed E-state index contributed by atoms with van der Waals surface area (Å²) in [5, 5.41) is 0. The van der Waals surface area contributed by atoms with Crippen LogP contribution in [0, 0.1) is 0 Å². The van der Waals surface area contributed by atoms with Crippen molar-refractivity contribution in [3.63, 3.8) is 0 Å². The average Bonchev–Trinajstić information content (AvgIpc) is 2.74. The summed E-state index contributed by atoms with van der Waals surface area (Å²) in [6.45, 7) is 4.42. The zero-order valence-corrected chi connectivity index (χ0v) is 16.3. The fourth-order valence-corrected chi connectivity index (χ4v) is 3.08. The van der Waals surface area contributed by atoms with E-state index in [0.29, 0.717) is 37.7 Å². The highest BCUT2D eigenvalue weighted by Crippen LogP contribution is 2.26. The second-order valence-corrected chi connectivity index (χ2v) is 6.50. The molecule has 0 aliphatic carbocycles. The molecule has 7 heteroatoms. The maximum Gasteiger partial charge on any atom is 0.325 e. The lowest BCUT2D eigenvalue weighted by molar-refractivity contribution is -0.143. The molecule has 1 fully saturated rings. The van der Waals surface area contributed by atoms with Crippen molar-refractivity contribution in [1.82, 2.24) is 9.88 Å². The van der Waals surface area contributed by atoms with Crippen LogP contribution in [-0.4, -0.2) is 68.3 Å². The summed E-state index contributed by atoms with van der Waals surface area (Å²) in [6.07, 6.45) is 0. The Balaban J connectivity index is 1.92. The number of ether oxygens (including phenoxy) is 2. The molecule has 28 heavy (non-hydrogen) atoms. The largest absolute Gasteiger partial charge is 0.465 e. The molecular weight excluding hydrogens is 358 g/mol. The minimum Gasteiger partial charge on any atom is -0.465 e. The van der Waals surface area contributed by atoms with Crippen molar-refractivity contribution < 1.29 is 19.1 Å². The van der Waals surface area contributed by atoms with Crippen molar-refractivity contribution in [3.05, 3.63) is 48.0 Å². The molecule has 1 aromatic heterocycles. The van der Waals surface area contributed by atoms with Crippen LogP contribution in [-0.2, 0) is 14.3 Å². The monoisotopic (exact) mass is 383 g/mol. The van der Waals surface area contributed by atoms with E-state index in [-0.39, 0.29) is 19.1 Å². The number of carbonyl (C=O) groups excluding carboxylic acids is 2. The molecule has 1 saturated heterocycles. The summed E-state index contributed by atoms with van der Waals surface area (Å²) >= 11 is 0. The molecule has 148 valence electrons. The molecule has 0 atom stereocenters. The van der Waals surface area contributed by atoms with Crippen LogP contribution in [0.4, 0.5) is 5.82 Å². The van der Waals surface area contributed by atoms with Gasteiger partial charge in [0.25, 0.3) is 5.91 Å². The van der Waals surface area contributed by atoms with E-state index in [2.05, 4.69) is 4.90 Å². The first-order valence-electron chi connectivity index (χ1n) is 9.40. The van der Waals surface area contributed by atoms with Crippen molar-refractivity contribution in [2.24, 2.45) is 0 Å². The first-order chi connectivity index (χ1) is 13.6. The summed E-state index contributed by atoms with van der Waals surface area (Å²) < 4.78 is 10.4. The molecule has 0 radical (unpaired) electrons. The van der Waals surface area contributed by atoms with E-state index in [1.165, 1.54) is 4.90 Å². The molecule has 0 spiro atoms. The Morgan fingerprint density at radius 3 is 2.54 bits per heavy atom. The van der Waals surface area contributed by atoms with Gasteiger partial charge in [-0.15, -0.1) is 0 Å².